The van der Waals surface area contributed by atoms with Gasteiger partial charge < -0.3 is 9.64 Å². The molecule has 32 heavy (non-hydrogen) atoms. The number of imide groups is 1. The van der Waals surface area contributed by atoms with Crippen molar-refractivity contribution in [2.75, 3.05) is 13.1 Å². The summed E-state index contributed by atoms with van der Waals surface area (Å²) >= 11 is 0.859. The molecule has 1 atom stereocenters. The Morgan fingerprint density at radius 2 is 1.84 bits per heavy atom. The summed E-state index contributed by atoms with van der Waals surface area (Å²) in [6, 6.07) is 15.5. The van der Waals surface area contributed by atoms with E-state index in [1.807, 2.05) is 56.3 Å². The Balaban J connectivity index is 1.46. The number of nitrogens with zero attached hydrogens (tertiary/aromatic N) is 2. The first kappa shape index (κ1) is 22.1. The van der Waals surface area contributed by atoms with Crippen molar-refractivity contribution in [2.24, 2.45) is 0 Å². The average molecular weight is 451 g/mol. The Bertz CT molecular complexity index is 1080. The van der Waals surface area contributed by atoms with Crippen LogP contribution < -0.4 is 4.74 Å². The minimum absolute atomic E-state index is 0.0342. The summed E-state index contributed by atoms with van der Waals surface area (Å²) in [6.07, 6.45) is 3.33. The molecule has 0 radical (unpaired) electrons. The summed E-state index contributed by atoms with van der Waals surface area (Å²) in [5.41, 5.74) is 3.08. The fraction of sp³-hybridized carbons (Fsp3) is 0.320. The smallest absolute Gasteiger partial charge is 0.294 e. The van der Waals surface area contributed by atoms with Crippen LogP contribution in [0.4, 0.5) is 4.79 Å². The third kappa shape index (κ3) is 4.72. The molecule has 0 N–H and O–H groups in total. The predicted octanol–water partition coefficient (Wildman–Crippen LogP) is 4.49. The van der Waals surface area contributed by atoms with E-state index < -0.39 is 11.1 Å². The maximum atomic E-state index is 12.9. The maximum Gasteiger partial charge on any atom is 0.294 e. The highest BCUT2D eigenvalue weighted by atomic mass is 32.2. The molecule has 1 fully saturated rings. The molecule has 1 saturated heterocycles. The molecule has 2 aromatic carbocycles. The standard InChI is InChI=1S/C25H26N2O4S/c1-3-17(2)31-21-11-7-6-9-19(21)14-22-24(29)27(25(30)32-22)16-23(28)26-13-12-18-8-4-5-10-20(18)15-26/h4-11,14,17H,3,12-13,15-16H2,1-2H3/b22-14+/t17-/m1/s1. The van der Waals surface area contributed by atoms with Crippen molar-refractivity contribution in [3.8, 4) is 5.75 Å². The zero-order valence-electron chi connectivity index (χ0n) is 18.2. The number of para-hydroxylation sites is 1. The van der Waals surface area contributed by atoms with Gasteiger partial charge >= 0.3 is 0 Å². The van der Waals surface area contributed by atoms with Crippen molar-refractivity contribution in [3.05, 3.63) is 70.1 Å². The maximum absolute atomic E-state index is 12.9. The Labute approximate surface area is 192 Å². The summed E-state index contributed by atoms with van der Waals surface area (Å²) in [5.74, 6) is 0.00404. The molecule has 0 aliphatic carbocycles. The largest absolute Gasteiger partial charge is 0.490 e. The number of fused-ring (bicyclic) bond motifs is 1. The van der Waals surface area contributed by atoms with Crippen LogP contribution >= 0.6 is 11.8 Å². The molecule has 0 saturated carbocycles. The van der Waals surface area contributed by atoms with Crippen molar-refractivity contribution < 1.29 is 19.1 Å². The molecule has 0 unspecified atom stereocenters. The van der Waals surface area contributed by atoms with Crippen LogP contribution in [0.2, 0.25) is 0 Å². The number of rotatable bonds is 6. The molecule has 166 valence electrons. The first-order valence-electron chi connectivity index (χ1n) is 10.8. The van der Waals surface area contributed by atoms with Crippen molar-refractivity contribution >= 4 is 34.9 Å². The number of hydrogen-bond donors (Lipinski definition) is 0. The molecule has 4 rings (SSSR count). The molecule has 7 heteroatoms. The fourth-order valence-corrected chi connectivity index (χ4v) is 4.56. The highest BCUT2D eigenvalue weighted by molar-refractivity contribution is 8.18. The van der Waals surface area contributed by atoms with Gasteiger partial charge in [0.25, 0.3) is 11.1 Å². The van der Waals surface area contributed by atoms with Crippen LogP contribution in [0.15, 0.2) is 53.4 Å². The first-order valence-corrected chi connectivity index (χ1v) is 11.6. The minimum Gasteiger partial charge on any atom is -0.490 e. The van der Waals surface area contributed by atoms with Gasteiger partial charge in [-0.2, -0.15) is 0 Å². The molecule has 6 nitrogen and oxygen atoms in total. The second-order valence-corrected chi connectivity index (χ2v) is 8.97. The molecule has 2 aromatic rings. The van der Waals surface area contributed by atoms with E-state index in [0.717, 1.165) is 40.6 Å². The monoisotopic (exact) mass is 450 g/mol. The highest BCUT2D eigenvalue weighted by Gasteiger charge is 2.37. The minimum atomic E-state index is -0.441. The number of ether oxygens (including phenoxy) is 1. The molecular weight excluding hydrogens is 424 g/mol. The topological polar surface area (TPSA) is 66.9 Å². The van der Waals surface area contributed by atoms with E-state index in [4.69, 9.17) is 4.74 Å². The van der Waals surface area contributed by atoms with Crippen LogP contribution in [0, 0.1) is 0 Å². The summed E-state index contributed by atoms with van der Waals surface area (Å²) in [6.45, 7) is 4.87. The van der Waals surface area contributed by atoms with Crippen molar-refractivity contribution in [3.63, 3.8) is 0 Å². The summed E-state index contributed by atoms with van der Waals surface area (Å²) in [4.78, 5) is 41.4. The zero-order chi connectivity index (χ0) is 22.7. The van der Waals surface area contributed by atoms with Gasteiger partial charge in [-0.05, 0) is 54.8 Å². The summed E-state index contributed by atoms with van der Waals surface area (Å²) < 4.78 is 5.94. The van der Waals surface area contributed by atoms with E-state index in [-0.39, 0.29) is 18.6 Å². The molecule has 0 spiro atoms. The SMILES string of the molecule is CC[C@@H](C)Oc1ccccc1/C=C1/SC(=O)N(CC(=O)N2CCc3ccccc3C2)C1=O. The lowest BCUT2D eigenvalue weighted by Crippen LogP contribution is -2.44. The Kier molecular flexibility index (Phi) is 6.65. The average Bonchev–Trinajstić information content (AvgIpc) is 3.07. The number of carbonyl (C=O) groups is 3. The van der Waals surface area contributed by atoms with Crippen LogP contribution in [0.1, 0.15) is 37.0 Å². The lowest BCUT2D eigenvalue weighted by Gasteiger charge is -2.29. The van der Waals surface area contributed by atoms with Crippen LogP contribution in [-0.4, -0.2) is 46.0 Å². The second kappa shape index (κ2) is 9.61. The van der Waals surface area contributed by atoms with E-state index in [2.05, 4.69) is 6.07 Å². The van der Waals surface area contributed by atoms with Crippen molar-refractivity contribution in [1.29, 1.82) is 0 Å². The van der Waals surface area contributed by atoms with Gasteiger partial charge in [-0.3, -0.25) is 19.3 Å². The fourth-order valence-electron chi connectivity index (χ4n) is 3.73. The van der Waals surface area contributed by atoms with Gasteiger partial charge in [0.1, 0.15) is 12.3 Å². The van der Waals surface area contributed by atoms with Crippen molar-refractivity contribution in [1.82, 2.24) is 9.80 Å². The van der Waals surface area contributed by atoms with E-state index in [1.54, 1.807) is 11.0 Å². The van der Waals surface area contributed by atoms with Gasteiger partial charge in [0, 0.05) is 18.7 Å². The molecule has 0 aromatic heterocycles. The van der Waals surface area contributed by atoms with Crippen molar-refractivity contribution in [2.45, 2.75) is 39.3 Å². The summed E-state index contributed by atoms with van der Waals surface area (Å²) in [5, 5.41) is -0.424. The second-order valence-electron chi connectivity index (χ2n) is 7.98. The normalized spacial score (nSPS) is 18.1. The number of carbonyl (C=O) groups excluding carboxylic acids is 3. The van der Waals surface area contributed by atoms with Gasteiger partial charge in [0.2, 0.25) is 5.91 Å². The molecule has 2 aliphatic heterocycles. The Morgan fingerprint density at radius 3 is 2.62 bits per heavy atom. The van der Waals surface area contributed by atoms with Gasteiger partial charge in [0.15, 0.2) is 0 Å². The number of benzene rings is 2. The number of thioether (sulfide) groups is 1. The quantitative estimate of drug-likeness (QED) is 0.607. The van der Waals surface area contributed by atoms with Crippen LogP contribution in [0.5, 0.6) is 5.75 Å². The highest BCUT2D eigenvalue weighted by Crippen LogP contribution is 2.34. The van der Waals surface area contributed by atoms with Gasteiger partial charge in [-0.25, -0.2) is 0 Å². The van der Waals surface area contributed by atoms with E-state index in [1.165, 1.54) is 5.56 Å². The Hall–Kier alpha value is -3.06. The Morgan fingerprint density at radius 1 is 1.12 bits per heavy atom. The van der Waals surface area contributed by atoms with Gasteiger partial charge in [-0.1, -0.05) is 49.4 Å². The molecular formula is C25H26N2O4S. The van der Waals surface area contributed by atoms with Crippen LogP contribution in [-0.2, 0) is 22.6 Å². The van der Waals surface area contributed by atoms with E-state index in [0.29, 0.717) is 23.7 Å². The number of hydrogen-bond acceptors (Lipinski definition) is 5. The lowest BCUT2D eigenvalue weighted by atomic mass is 10.00. The van der Waals surface area contributed by atoms with Gasteiger partial charge in [0.05, 0.1) is 11.0 Å². The lowest BCUT2D eigenvalue weighted by molar-refractivity contribution is -0.136. The van der Waals surface area contributed by atoms with Gasteiger partial charge in [-0.15, -0.1) is 0 Å². The third-order valence-corrected chi connectivity index (χ3v) is 6.67. The predicted molar refractivity (Wildman–Crippen MR) is 125 cm³/mol. The summed E-state index contributed by atoms with van der Waals surface area (Å²) in [7, 11) is 0. The molecule has 3 amide bonds. The van der Waals surface area contributed by atoms with Crippen LogP contribution in [0.25, 0.3) is 6.08 Å². The molecule has 2 aliphatic rings. The van der Waals surface area contributed by atoms with Crippen LogP contribution in [0.3, 0.4) is 0 Å². The third-order valence-electron chi connectivity index (χ3n) is 5.76. The zero-order valence-corrected chi connectivity index (χ0v) is 19.1. The first-order chi connectivity index (χ1) is 15.5. The molecule has 2 heterocycles. The van der Waals surface area contributed by atoms with E-state index >= 15 is 0 Å². The number of amides is 3. The molecule has 0 bridgehead atoms. The van der Waals surface area contributed by atoms with E-state index in [9.17, 15) is 14.4 Å².